The normalized spacial score (nSPS) is 20.6. The number of nitrogens with one attached hydrogen (secondary N) is 1. The van der Waals surface area contributed by atoms with Crippen molar-refractivity contribution in [2.45, 2.75) is 65.6 Å². The lowest BCUT2D eigenvalue weighted by atomic mass is 9.90. The zero-order valence-corrected chi connectivity index (χ0v) is 14.2. The summed E-state index contributed by atoms with van der Waals surface area (Å²) in [6, 6.07) is 3.34. The van der Waals surface area contributed by atoms with Crippen LogP contribution in [-0.2, 0) is 6.54 Å². The van der Waals surface area contributed by atoms with Crippen molar-refractivity contribution < 1.29 is 0 Å². The molecule has 0 amide bonds. The summed E-state index contributed by atoms with van der Waals surface area (Å²) in [4.78, 5) is 2.55. The van der Waals surface area contributed by atoms with Crippen LogP contribution in [0.3, 0.4) is 0 Å². The highest BCUT2D eigenvalue weighted by Crippen LogP contribution is 2.22. The van der Waals surface area contributed by atoms with Gasteiger partial charge in [0, 0.05) is 24.8 Å². The van der Waals surface area contributed by atoms with E-state index in [0.29, 0.717) is 12.1 Å². The third-order valence-electron chi connectivity index (χ3n) is 4.96. The molecule has 21 heavy (non-hydrogen) atoms. The summed E-state index contributed by atoms with van der Waals surface area (Å²) >= 11 is 0. The van der Waals surface area contributed by atoms with Gasteiger partial charge in [-0.05, 0) is 64.7 Å². The van der Waals surface area contributed by atoms with Crippen molar-refractivity contribution in [3.63, 3.8) is 0 Å². The molecule has 0 saturated carbocycles. The Morgan fingerprint density at radius 2 is 2.00 bits per heavy atom. The van der Waals surface area contributed by atoms with Crippen molar-refractivity contribution in [3.05, 3.63) is 18.0 Å². The Hall–Kier alpha value is -0.870. The summed E-state index contributed by atoms with van der Waals surface area (Å²) in [5.74, 6) is 0.832. The van der Waals surface area contributed by atoms with E-state index in [9.17, 15) is 0 Å². The summed E-state index contributed by atoms with van der Waals surface area (Å²) < 4.78 is 2.11. The Bertz CT molecular complexity index is 407. The second kappa shape index (κ2) is 7.95. The first-order valence-electron chi connectivity index (χ1n) is 8.63. The maximum atomic E-state index is 4.72. The Labute approximate surface area is 129 Å². The van der Waals surface area contributed by atoms with Gasteiger partial charge in [0.1, 0.15) is 0 Å². The summed E-state index contributed by atoms with van der Waals surface area (Å²) in [5, 5.41) is 8.29. The quantitative estimate of drug-likeness (QED) is 0.838. The van der Waals surface area contributed by atoms with Crippen LogP contribution >= 0.6 is 0 Å². The van der Waals surface area contributed by atoms with Crippen LogP contribution < -0.4 is 5.32 Å². The lowest BCUT2D eigenvalue weighted by Crippen LogP contribution is -2.41. The Morgan fingerprint density at radius 3 is 2.62 bits per heavy atom. The van der Waals surface area contributed by atoms with E-state index in [1.54, 1.807) is 0 Å². The minimum absolute atomic E-state index is 0.505. The summed E-state index contributed by atoms with van der Waals surface area (Å²) in [6.45, 7) is 13.5. The Balaban J connectivity index is 1.79. The molecular weight excluding hydrogens is 260 g/mol. The number of nitrogens with zero attached hydrogens (tertiary/aromatic N) is 3. The fourth-order valence-corrected chi connectivity index (χ4v) is 3.22. The van der Waals surface area contributed by atoms with Crippen molar-refractivity contribution in [2.24, 2.45) is 5.92 Å². The first kappa shape index (κ1) is 16.5. The van der Waals surface area contributed by atoms with Crippen molar-refractivity contribution >= 4 is 0 Å². The molecule has 2 heterocycles. The molecular formula is C17H32N4. The Morgan fingerprint density at radius 1 is 1.29 bits per heavy atom. The molecule has 0 radical (unpaired) electrons. The fraction of sp³-hybridized carbons (Fsp3) is 0.824. The molecule has 0 aromatic carbocycles. The first-order valence-corrected chi connectivity index (χ1v) is 8.63. The summed E-state index contributed by atoms with van der Waals surface area (Å²) in [7, 11) is 0. The summed E-state index contributed by atoms with van der Waals surface area (Å²) in [6.07, 6.45) is 5.87. The monoisotopic (exact) mass is 292 g/mol. The maximum absolute atomic E-state index is 4.72. The molecule has 2 atom stereocenters. The SMILES string of the molecule is CCNC(C)C1CCN(Cc2ccn(C(C)CC)n2)CC1. The molecule has 1 aromatic heterocycles. The molecule has 0 aliphatic carbocycles. The number of hydrogen-bond acceptors (Lipinski definition) is 3. The van der Waals surface area contributed by atoms with E-state index < -0.39 is 0 Å². The van der Waals surface area contributed by atoms with Crippen LogP contribution in [0.2, 0.25) is 0 Å². The summed E-state index contributed by atoms with van der Waals surface area (Å²) in [5.41, 5.74) is 1.22. The van der Waals surface area contributed by atoms with E-state index >= 15 is 0 Å². The third-order valence-corrected chi connectivity index (χ3v) is 4.96. The average Bonchev–Trinajstić information content (AvgIpc) is 2.96. The average molecular weight is 292 g/mol. The highest BCUT2D eigenvalue weighted by molar-refractivity contribution is 5.00. The van der Waals surface area contributed by atoms with Gasteiger partial charge in [0.2, 0.25) is 0 Å². The van der Waals surface area contributed by atoms with Gasteiger partial charge in [0.05, 0.1) is 5.69 Å². The number of aromatic nitrogens is 2. The number of likely N-dealkylation sites (tertiary alicyclic amines) is 1. The molecule has 0 bridgehead atoms. The van der Waals surface area contributed by atoms with Crippen LogP contribution in [-0.4, -0.2) is 40.4 Å². The maximum Gasteiger partial charge on any atom is 0.0764 e. The van der Waals surface area contributed by atoms with Crippen molar-refractivity contribution in [2.75, 3.05) is 19.6 Å². The lowest BCUT2D eigenvalue weighted by molar-refractivity contribution is 0.155. The highest BCUT2D eigenvalue weighted by atomic mass is 15.3. The minimum Gasteiger partial charge on any atom is -0.314 e. The van der Waals surface area contributed by atoms with Gasteiger partial charge in [-0.25, -0.2) is 0 Å². The largest absolute Gasteiger partial charge is 0.314 e. The van der Waals surface area contributed by atoms with Gasteiger partial charge in [-0.3, -0.25) is 9.58 Å². The molecule has 1 aromatic rings. The molecule has 4 nitrogen and oxygen atoms in total. The minimum atomic E-state index is 0.505. The molecule has 1 fully saturated rings. The molecule has 2 unspecified atom stereocenters. The second-order valence-electron chi connectivity index (χ2n) is 6.50. The van der Waals surface area contributed by atoms with Crippen molar-refractivity contribution in [3.8, 4) is 0 Å². The zero-order valence-electron chi connectivity index (χ0n) is 14.2. The van der Waals surface area contributed by atoms with Crippen molar-refractivity contribution in [1.82, 2.24) is 20.0 Å². The van der Waals surface area contributed by atoms with E-state index in [0.717, 1.165) is 25.4 Å². The van der Waals surface area contributed by atoms with Gasteiger partial charge in [-0.2, -0.15) is 5.10 Å². The molecule has 1 saturated heterocycles. The number of piperidine rings is 1. The van der Waals surface area contributed by atoms with Gasteiger partial charge in [0.25, 0.3) is 0 Å². The predicted octanol–water partition coefficient (Wildman–Crippen LogP) is 3.06. The van der Waals surface area contributed by atoms with Gasteiger partial charge < -0.3 is 5.32 Å². The predicted molar refractivity (Wildman–Crippen MR) is 88.4 cm³/mol. The lowest BCUT2D eigenvalue weighted by Gasteiger charge is -2.34. The van der Waals surface area contributed by atoms with Gasteiger partial charge in [-0.15, -0.1) is 0 Å². The van der Waals surface area contributed by atoms with Crippen LogP contribution in [0.1, 0.15) is 58.7 Å². The van der Waals surface area contributed by atoms with E-state index in [-0.39, 0.29) is 0 Å². The van der Waals surface area contributed by atoms with E-state index in [4.69, 9.17) is 5.10 Å². The van der Waals surface area contributed by atoms with E-state index in [2.05, 4.69) is 54.9 Å². The number of hydrogen-bond donors (Lipinski definition) is 1. The van der Waals surface area contributed by atoms with Crippen LogP contribution in [0.4, 0.5) is 0 Å². The first-order chi connectivity index (χ1) is 10.1. The van der Waals surface area contributed by atoms with Crippen LogP contribution in [0.15, 0.2) is 12.3 Å². The standard InChI is InChI=1S/C17H32N4/c1-5-14(3)21-12-9-17(19-21)13-20-10-7-16(8-11-20)15(4)18-6-2/h9,12,14-16,18H,5-8,10-11,13H2,1-4H3. The second-order valence-corrected chi connectivity index (χ2v) is 6.50. The van der Waals surface area contributed by atoms with Crippen LogP contribution in [0, 0.1) is 5.92 Å². The van der Waals surface area contributed by atoms with Crippen molar-refractivity contribution in [1.29, 1.82) is 0 Å². The van der Waals surface area contributed by atoms with Crippen LogP contribution in [0.25, 0.3) is 0 Å². The number of rotatable bonds is 7. The molecule has 4 heteroatoms. The molecule has 2 rings (SSSR count). The van der Waals surface area contributed by atoms with Gasteiger partial charge >= 0.3 is 0 Å². The van der Waals surface area contributed by atoms with E-state index in [1.807, 2.05) is 0 Å². The van der Waals surface area contributed by atoms with Gasteiger partial charge in [-0.1, -0.05) is 13.8 Å². The molecule has 1 aliphatic rings. The Kier molecular flexibility index (Phi) is 6.24. The third kappa shape index (κ3) is 4.55. The van der Waals surface area contributed by atoms with Gasteiger partial charge in [0.15, 0.2) is 0 Å². The van der Waals surface area contributed by atoms with Crippen LogP contribution in [0.5, 0.6) is 0 Å². The molecule has 0 spiro atoms. The smallest absolute Gasteiger partial charge is 0.0764 e. The van der Waals surface area contributed by atoms with E-state index in [1.165, 1.54) is 31.6 Å². The molecule has 1 N–H and O–H groups in total. The molecule has 1 aliphatic heterocycles. The topological polar surface area (TPSA) is 33.1 Å². The zero-order chi connectivity index (χ0) is 15.2. The fourth-order valence-electron chi connectivity index (χ4n) is 3.22. The molecule has 120 valence electrons. The highest BCUT2D eigenvalue weighted by Gasteiger charge is 2.23.